The number of hydrogen-bond acceptors (Lipinski definition) is 2. The van der Waals surface area contributed by atoms with Crippen molar-refractivity contribution in [2.75, 3.05) is 0 Å². The second-order valence-corrected chi connectivity index (χ2v) is 4.96. The first-order chi connectivity index (χ1) is 9.76. The molecule has 3 aromatic rings. The Bertz CT molecular complexity index is 793. The standard InChI is InChI=1S/C17H15N3/c1-12-4-2-6-14(10-12)17-19-15-8-7-13(5-3-9-18)11-16(15)20-17/h2,4,6-8,10-11H,3,5H2,1H3,(H,19,20). The maximum atomic E-state index is 8.65. The lowest BCUT2D eigenvalue weighted by Gasteiger charge is -1.97. The van der Waals surface area contributed by atoms with Crippen molar-refractivity contribution >= 4 is 11.0 Å². The summed E-state index contributed by atoms with van der Waals surface area (Å²) in [4.78, 5) is 7.99. The number of nitrogens with zero attached hydrogens (tertiary/aromatic N) is 2. The zero-order chi connectivity index (χ0) is 13.9. The van der Waals surface area contributed by atoms with Gasteiger partial charge in [-0.2, -0.15) is 5.26 Å². The van der Waals surface area contributed by atoms with E-state index in [0.29, 0.717) is 6.42 Å². The Balaban J connectivity index is 2.00. The summed E-state index contributed by atoms with van der Waals surface area (Å²) in [6.07, 6.45) is 1.33. The number of nitrogens with one attached hydrogen (secondary N) is 1. The van der Waals surface area contributed by atoms with Crippen LogP contribution in [0.25, 0.3) is 22.4 Å². The molecule has 0 spiro atoms. The maximum absolute atomic E-state index is 8.65. The van der Waals surface area contributed by atoms with E-state index in [1.165, 1.54) is 11.1 Å². The molecule has 3 rings (SSSR count). The highest BCUT2D eigenvalue weighted by molar-refractivity contribution is 5.80. The van der Waals surface area contributed by atoms with Gasteiger partial charge in [-0.15, -0.1) is 0 Å². The van der Waals surface area contributed by atoms with Crippen LogP contribution in [0.1, 0.15) is 17.5 Å². The van der Waals surface area contributed by atoms with Crippen LogP contribution in [0.4, 0.5) is 0 Å². The van der Waals surface area contributed by atoms with E-state index in [1.54, 1.807) is 0 Å². The summed E-state index contributed by atoms with van der Waals surface area (Å²) < 4.78 is 0. The van der Waals surface area contributed by atoms with Crippen molar-refractivity contribution in [2.24, 2.45) is 0 Å². The molecule has 1 N–H and O–H groups in total. The lowest BCUT2D eigenvalue weighted by Crippen LogP contribution is -1.83. The molecule has 0 saturated carbocycles. The molecule has 98 valence electrons. The number of fused-ring (bicyclic) bond motifs is 1. The highest BCUT2D eigenvalue weighted by Gasteiger charge is 2.06. The average molecular weight is 261 g/mol. The van der Waals surface area contributed by atoms with Gasteiger partial charge in [0.1, 0.15) is 5.82 Å². The van der Waals surface area contributed by atoms with Gasteiger partial charge in [0, 0.05) is 12.0 Å². The molecule has 0 saturated heterocycles. The molecule has 3 nitrogen and oxygen atoms in total. The van der Waals surface area contributed by atoms with Gasteiger partial charge in [-0.05, 0) is 37.1 Å². The van der Waals surface area contributed by atoms with Gasteiger partial charge in [-0.25, -0.2) is 4.98 Å². The second-order valence-electron chi connectivity index (χ2n) is 4.96. The quantitative estimate of drug-likeness (QED) is 0.774. The SMILES string of the molecule is Cc1cccc(-c2nc3ccc(CCC#N)cc3[nH]2)c1. The van der Waals surface area contributed by atoms with E-state index in [9.17, 15) is 0 Å². The summed E-state index contributed by atoms with van der Waals surface area (Å²) in [5.41, 5.74) is 5.47. The molecule has 0 aliphatic carbocycles. The van der Waals surface area contributed by atoms with Crippen molar-refractivity contribution in [3.8, 4) is 17.5 Å². The Labute approximate surface area is 117 Å². The fourth-order valence-corrected chi connectivity index (χ4v) is 2.34. The monoisotopic (exact) mass is 261 g/mol. The van der Waals surface area contributed by atoms with E-state index in [4.69, 9.17) is 5.26 Å². The number of aromatic amines is 1. The van der Waals surface area contributed by atoms with Crippen LogP contribution in [-0.4, -0.2) is 9.97 Å². The molecule has 0 bridgehead atoms. The molecule has 0 radical (unpaired) electrons. The Kier molecular flexibility index (Phi) is 3.22. The predicted octanol–water partition coefficient (Wildman–Crippen LogP) is 3.99. The van der Waals surface area contributed by atoms with Crippen molar-refractivity contribution in [2.45, 2.75) is 19.8 Å². The van der Waals surface area contributed by atoms with Crippen LogP contribution < -0.4 is 0 Å². The normalized spacial score (nSPS) is 10.6. The van der Waals surface area contributed by atoms with Gasteiger partial charge in [0.05, 0.1) is 17.1 Å². The van der Waals surface area contributed by atoms with Gasteiger partial charge in [0.2, 0.25) is 0 Å². The van der Waals surface area contributed by atoms with Gasteiger partial charge in [0.15, 0.2) is 0 Å². The highest BCUT2D eigenvalue weighted by Crippen LogP contribution is 2.22. The lowest BCUT2D eigenvalue weighted by atomic mass is 10.1. The topological polar surface area (TPSA) is 52.5 Å². The van der Waals surface area contributed by atoms with Crippen molar-refractivity contribution in [1.82, 2.24) is 9.97 Å². The third-order valence-electron chi connectivity index (χ3n) is 3.36. The van der Waals surface area contributed by atoms with Crippen LogP contribution in [0.5, 0.6) is 0 Å². The van der Waals surface area contributed by atoms with Crippen LogP contribution in [0.15, 0.2) is 42.5 Å². The van der Waals surface area contributed by atoms with Gasteiger partial charge in [0.25, 0.3) is 0 Å². The average Bonchev–Trinajstić information content (AvgIpc) is 2.88. The first-order valence-electron chi connectivity index (χ1n) is 6.69. The summed E-state index contributed by atoms with van der Waals surface area (Å²) in [7, 11) is 0. The molecule has 2 aromatic carbocycles. The fourth-order valence-electron chi connectivity index (χ4n) is 2.34. The molecule has 0 amide bonds. The fraction of sp³-hybridized carbons (Fsp3) is 0.176. The number of benzene rings is 2. The molecule has 0 aliphatic rings. The van der Waals surface area contributed by atoms with Gasteiger partial charge >= 0.3 is 0 Å². The third-order valence-corrected chi connectivity index (χ3v) is 3.36. The summed E-state index contributed by atoms with van der Waals surface area (Å²) >= 11 is 0. The number of aromatic nitrogens is 2. The maximum Gasteiger partial charge on any atom is 0.138 e. The van der Waals surface area contributed by atoms with E-state index in [1.807, 2.05) is 18.2 Å². The molecule has 20 heavy (non-hydrogen) atoms. The largest absolute Gasteiger partial charge is 0.338 e. The third kappa shape index (κ3) is 2.41. The van der Waals surface area contributed by atoms with Gasteiger partial charge in [-0.3, -0.25) is 0 Å². The van der Waals surface area contributed by atoms with E-state index >= 15 is 0 Å². The number of nitriles is 1. The first kappa shape index (κ1) is 12.4. The highest BCUT2D eigenvalue weighted by atomic mass is 14.9. The Hall–Kier alpha value is -2.60. The molecule has 0 aliphatic heterocycles. The Morgan fingerprint density at radius 2 is 2.10 bits per heavy atom. The molecule has 0 atom stereocenters. The van der Waals surface area contributed by atoms with Crippen molar-refractivity contribution < 1.29 is 0 Å². The van der Waals surface area contributed by atoms with Crippen molar-refractivity contribution in [1.29, 1.82) is 5.26 Å². The minimum atomic E-state index is 0.546. The molecule has 3 heteroatoms. The molecule has 1 aromatic heterocycles. The minimum absolute atomic E-state index is 0.546. The summed E-state index contributed by atoms with van der Waals surface area (Å²) in [6, 6.07) is 16.6. The smallest absolute Gasteiger partial charge is 0.138 e. The van der Waals surface area contributed by atoms with Crippen molar-refractivity contribution in [3.63, 3.8) is 0 Å². The number of hydrogen-bond donors (Lipinski definition) is 1. The molecular weight excluding hydrogens is 246 g/mol. The lowest BCUT2D eigenvalue weighted by molar-refractivity contribution is 1.01. The summed E-state index contributed by atoms with van der Waals surface area (Å²) in [6.45, 7) is 2.08. The number of H-pyrrole nitrogens is 1. The Morgan fingerprint density at radius 3 is 2.90 bits per heavy atom. The van der Waals surface area contributed by atoms with Crippen LogP contribution in [0.3, 0.4) is 0 Å². The first-order valence-corrected chi connectivity index (χ1v) is 6.69. The number of imidazole rings is 1. The summed E-state index contributed by atoms with van der Waals surface area (Å²) in [5.74, 6) is 0.890. The van der Waals surface area contributed by atoms with E-state index in [2.05, 4.69) is 47.2 Å². The van der Waals surface area contributed by atoms with Crippen LogP contribution in [-0.2, 0) is 6.42 Å². The second kappa shape index (κ2) is 5.18. The minimum Gasteiger partial charge on any atom is -0.338 e. The van der Waals surface area contributed by atoms with Crippen LogP contribution in [0.2, 0.25) is 0 Å². The van der Waals surface area contributed by atoms with Crippen molar-refractivity contribution in [3.05, 3.63) is 53.6 Å². The van der Waals surface area contributed by atoms with E-state index < -0.39 is 0 Å². The molecular formula is C17H15N3. The number of rotatable bonds is 3. The van der Waals surface area contributed by atoms with Crippen LogP contribution in [0, 0.1) is 18.3 Å². The Morgan fingerprint density at radius 1 is 1.20 bits per heavy atom. The van der Waals surface area contributed by atoms with E-state index in [-0.39, 0.29) is 0 Å². The van der Waals surface area contributed by atoms with E-state index in [0.717, 1.165) is 28.8 Å². The van der Waals surface area contributed by atoms with Gasteiger partial charge in [-0.1, -0.05) is 29.8 Å². The predicted molar refractivity (Wildman–Crippen MR) is 80.2 cm³/mol. The zero-order valence-electron chi connectivity index (χ0n) is 11.4. The summed E-state index contributed by atoms with van der Waals surface area (Å²) in [5, 5.41) is 8.65. The zero-order valence-corrected chi connectivity index (χ0v) is 11.4. The number of aryl methyl sites for hydroxylation is 2. The van der Waals surface area contributed by atoms with Gasteiger partial charge < -0.3 is 4.98 Å². The molecule has 0 fully saturated rings. The molecule has 0 unspecified atom stereocenters. The van der Waals surface area contributed by atoms with Crippen LogP contribution >= 0.6 is 0 Å². The molecule has 1 heterocycles.